The van der Waals surface area contributed by atoms with Crippen LogP contribution >= 0.6 is 0 Å². The highest BCUT2D eigenvalue weighted by Gasteiger charge is 2.32. The highest BCUT2D eigenvalue weighted by Crippen LogP contribution is 2.42. The lowest BCUT2D eigenvalue weighted by Gasteiger charge is -2.36. The van der Waals surface area contributed by atoms with Gasteiger partial charge in [0.25, 0.3) is 0 Å². The van der Waals surface area contributed by atoms with E-state index in [9.17, 15) is 4.79 Å². The van der Waals surface area contributed by atoms with Crippen LogP contribution in [0.5, 0.6) is 0 Å². The Kier molecular flexibility index (Phi) is 4.26. The van der Waals surface area contributed by atoms with Gasteiger partial charge in [0, 0.05) is 18.1 Å². The summed E-state index contributed by atoms with van der Waals surface area (Å²) in [7, 11) is 0. The second kappa shape index (κ2) is 5.77. The highest BCUT2D eigenvalue weighted by atomic mass is 16.4. The van der Waals surface area contributed by atoms with Crippen molar-refractivity contribution in [1.82, 2.24) is 10.2 Å². The molecule has 0 aliphatic heterocycles. The Morgan fingerprint density at radius 1 is 1.25 bits per heavy atom. The maximum atomic E-state index is 10.4. The fraction of sp³-hybridized carbons (Fsp3) is 0.667. The Hall–Kier alpha value is -1.65. The molecule has 1 aliphatic carbocycles. The molecule has 1 heterocycles. The van der Waals surface area contributed by atoms with Gasteiger partial charge in [0.05, 0.1) is 0 Å². The Labute approximate surface area is 119 Å². The van der Waals surface area contributed by atoms with Gasteiger partial charge in [-0.05, 0) is 37.0 Å². The summed E-state index contributed by atoms with van der Waals surface area (Å²) in [5, 5.41) is 16.5. The van der Waals surface area contributed by atoms with Crippen LogP contribution in [0.25, 0.3) is 6.08 Å². The van der Waals surface area contributed by atoms with E-state index >= 15 is 0 Å². The molecule has 1 saturated carbocycles. The number of hydrogen-bond acceptors (Lipinski definition) is 4. The van der Waals surface area contributed by atoms with Crippen LogP contribution in [0.3, 0.4) is 0 Å². The molecule has 0 aromatic carbocycles. The average Bonchev–Trinajstić information content (AvgIpc) is 2.84. The molecule has 1 aromatic rings. The topological polar surface area (TPSA) is 76.2 Å². The van der Waals surface area contributed by atoms with E-state index in [1.807, 2.05) is 0 Å². The van der Waals surface area contributed by atoms with E-state index in [2.05, 4.69) is 31.0 Å². The smallest absolute Gasteiger partial charge is 0.328 e. The molecule has 0 amide bonds. The minimum absolute atomic E-state index is 0.264. The van der Waals surface area contributed by atoms with E-state index in [1.54, 1.807) is 0 Å². The number of hydrogen-bond donors (Lipinski definition) is 1. The molecule has 0 saturated heterocycles. The van der Waals surface area contributed by atoms with E-state index in [0.717, 1.165) is 24.8 Å². The Bertz CT molecular complexity index is 491. The van der Waals surface area contributed by atoms with Gasteiger partial charge >= 0.3 is 5.97 Å². The van der Waals surface area contributed by atoms with Gasteiger partial charge in [-0.3, -0.25) is 0 Å². The zero-order valence-corrected chi connectivity index (χ0v) is 12.3. The van der Waals surface area contributed by atoms with Gasteiger partial charge in [0.1, 0.15) is 0 Å². The first kappa shape index (κ1) is 14.8. The van der Waals surface area contributed by atoms with Gasteiger partial charge < -0.3 is 9.52 Å². The third kappa shape index (κ3) is 3.68. The van der Waals surface area contributed by atoms with Gasteiger partial charge in [0.15, 0.2) is 0 Å². The van der Waals surface area contributed by atoms with Gasteiger partial charge in [0.2, 0.25) is 11.8 Å². The quantitative estimate of drug-likeness (QED) is 0.856. The van der Waals surface area contributed by atoms with Crippen LogP contribution in [0.4, 0.5) is 0 Å². The van der Waals surface area contributed by atoms with Crippen molar-refractivity contribution >= 4 is 12.0 Å². The van der Waals surface area contributed by atoms with E-state index in [0.29, 0.717) is 17.2 Å². The van der Waals surface area contributed by atoms with Crippen LogP contribution in [-0.2, 0) is 4.79 Å². The molecular formula is C15H22N2O3. The molecule has 5 nitrogen and oxygen atoms in total. The summed E-state index contributed by atoms with van der Waals surface area (Å²) < 4.78 is 5.52. The third-order valence-electron chi connectivity index (χ3n) is 4.13. The molecule has 0 atom stereocenters. The lowest BCUT2D eigenvalue weighted by atomic mass is 9.70. The SMILES string of the molecule is CC(C)(C)C1CCC(c2nnc(/C=C/C(=O)O)o2)CC1. The summed E-state index contributed by atoms with van der Waals surface area (Å²) in [6.07, 6.45) is 6.82. The fourth-order valence-corrected chi connectivity index (χ4v) is 2.83. The first-order chi connectivity index (χ1) is 9.36. The lowest BCUT2D eigenvalue weighted by molar-refractivity contribution is -0.131. The molecule has 0 unspecified atom stereocenters. The number of carboxylic acids is 1. The average molecular weight is 278 g/mol. The predicted octanol–water partition coefficient (Wildman–Crippen LogP) is 3.49. The summed E-state index contributed by atoms with van der Waals surface area (Å²) in [6, 6.07) is 0. The Morgan fingerprint density at radius 2 is 1.90 bits per heavy atom. The van der Waals surface area contributed by atoms with E-state index in [1.165, 1.54) is 18.9 Å². The van der Waals surface area contributed by atoms with Gasteiger partial charge in [-0.2, -0.15) is 0 Å². The zero-order valence-electron chi connectivity index (χ0n) is 12.3. The van der Waals surface area contributed by atoms with Crippen LogP contribution in [0, 0.1) is 11.3 Å². The minimum Gasteiger partial charge on any atom is -0.478 e. The highest BCUT2D eigenvalue weighted by molar-refractivity contribution is 5.84. The molecule has 0 bridgehead atoms. The summed E-state index contributed by atoms with van der Waals surface area (Å²) in [6.45, 7) is 6.87. The third-order valence-corrected chi connectivity index (χ3v) is 4.13. The molecule has 20 heavy (non-hydrogen) atoms. The zero-order chi connectivity index (χ0) is 14.8. The first-order valence-electron chi connectivity index (χ1n) is 7.10. The molecule has 0 radical (unpaired) electrons. The molecule has 1 fully saturated rings. The lowest BCUT2D eigenvalue weighted by Crippen LogP contribution is -2.25. The monoisotopic (exact) mass is 278 g/mol. The number of carbonyl (C=O) groups is 1. The van der Waals surface area contributed by atoms with Crippen LogP contribution in [-0.4, -0.2) is 21.3 Å². The fourth-order valence-electron chi connectivity index (χ4n) is 2.83. The van der Waals surface area contributed by atoms with E-state index in [4.69, 9.17) is 9.52 Å². The van der Waals surface area contributed by atoms with Crippen molar-refractivity contribution < 1.29 is 14.3 Å². The molecule has 5 heteroatoms. The molecule has 0 spiro atoms. The summed E-state index contributed by atoms with van der Waals surface area (Å²) in [5.74, 6) is 0.944. The van der Waals surface area contributed by atoms with Crippen molar-refractivity contribution in [2.24, 2.45) is 11.3 Å². The number of nitrogens with zero attached hydrogens (tertiary/aromatic N) is 2. The molecule has 1 aliphatic rings. The number of rotatable bonds is 3. The van der Waals surface area contributed by atoms with Gasteiger partial charge in [-0.15, -0.1) is 10.2 Å². The molecule has 110 valence electrons. The first-order valence-corrected chi connectivity index (χ1v) is 7.10. The standard InChI is InChI=1S/C15H22N2O3/c1-15(2,3)11-6-4-10(5-7-11)14-17-16-12(20-14)8-9-13(18)19/h8-11H,4-7H2,1-3H3,(H,18,19)/b9-8+. The Morgan fingerprint density at radius 3 is 2.45 bits per heavy atom. The number of carboxylic acid groups (broad SMARTS) is 1. The maximum absolute atomic E-state index is 10.4. The molecule has 1 N–H and O–H groups in total. The van der Waals surface area contributed by atoms with Crippen molar-refractivity contribution in [3.05, 3.63) is 17.9 Å². The predicted molar refractivity (Wildman–Crippen MR) is 75.1 cm³/mol. The normalized spacial score (nSPS) is 24.1. The Balaban J connectivity index is 1.96. The van der Waals surface area contributed by atoms with Crippen molar-refractivity contribution in [2.45, 2.75) is 52.4 Å². The van der Waals surface area contributed by atoms with Crippen molar-refractivity contribution in [2.75, 3.05) is 0 Å². The van der Waals surface area contributed by atoms with E-state index < -0.39 is 5.97 Å². The number of aliphatic carboxylic acids is 1. The van der Waals surface area contributed by atoms with Crippen molar-refractivity contribution in [3.8, 4) is 0 Å². The van der Waals surface area contributed by atoms with Crippen LogP contribution in [0.15, 0.2) is 10.5 Å². The van der Waals surface area contributed by atoms with Crippen molar-refractivity contribution in [3.63, 3.8) is 0 Å². The van der Waals surface area contributed by atoms with Crippen LogP contribution in [0.1, 0.15) is 64.2 Å². The summed E-state index contributed by atoms with van der Waals surface area (Å²) in [5.41, 5.74) is 0.356. The minimum atomic E-state index is -1.02. The summed E-state index contributed by atoms with van der Waals surface area (Å²) in [4.78, 5) is 10.4. The van der Waals surface area contributed by atoms with Gasteiger partial charge in [-0.25, -0.2) is 4.79 Å². The molecular weight excluding hydrogens is 256 g/mol. The maximum Gasteiger partial charge on any atom is 0.328 e. The molecule has 1 aromatic heterocycles. The second-order valence-corrected chi connectivity index (χ2v) is 6.56. The molecule has 2 rings (SSSR count). The van der Waals surface area contributed by atoms with Crippen LogP contribution in [0.2, 0.25) is 0 Å². The van der Waals surface area contributed by atoms with Crippen LogP contribution < -0.4 is 0 Å². The second-order valence-electron chi connectivity index (χ2n) is 6.56. The largest absolute Gasteiger partial charge is 0.478 e. The van der Waals surface area contributed by atoms with Gasteiger partial charge in [-0.1, -0.05) is 20.8 Å². The summed E-state index contributed by atoms with van der Waals surface area (Å²) >= 11 is 0. The van der Waals surface area contributed by atoms with E-state index in [-0.39, 0.29) is 5.89 Å². The van der Waals surface area contributed by atoms with Crippen molar-refractivity contribution in [1.29, 1.82) is 0 Å². The number of aromatic nitrogens is 2.